The van der Waals surface area contributed by atoms with E-state index in [1.54, 1.807) is 7.11 Å². The van der Waals surface area contributed by atoms with Gasteiger partial charge >= 0.3 is 0 Å². The summed E-state index contributed by atoms with van der Waals surface area (Å²) in [6, 6.07) is 9.30. The number of hydrogen-bond donors (Lipinski definition) is 1. The highest BCUT2D eigenvalue weighted by Gasteiger charge is 2.20. The van der Waals surface area contributed by atoms with Crippen molar-refractivity contribution in [1.82, 2.24) is 15.1 Å². The Hall–Kier alpha value is -1.81. The molecule has 0 radical (unpaired) electrons. The van der Waals surface area contributed by atoms with Gasteiger partial charge in [-0.05, 0) is 37.3 Å². The molecule has 4 heteroatoms. The van der Waals surface area contributed by atoms with E-state index in [1.807, 2.05) is 18.7 Å². The highest BCUT2D eigenvalue weighted by Crippen LogP contribution is 2.24. The molecule has 0 saturated carbocycles. The zero-order valence-corrected chi connectivity index (χ0v) is 13.0. The summed E-state index contributed by atoms with van der Waals surface area (Å²) in [4.78, 5) is 0. The van der Waals surface area contributed by atoms with Gasteiger partial charge in [-0.1, -0.05) is 24.3 Å². The van der Waals surface area contributed by atoms with Crippen LogP contribution in [0.4, 0.5) is 0 Å². The zero-order chi connectivity index (χ0) is 14.8. The lowest BCUT2D eigenvalue weighted by molar-refractivity contribution is 0.365. The fourth-order valence-corrected chi connectivity index (χ4v) is 3.26. The number of ether oxygens (including phenoxy) is 1. The molecule has 21 heavy (non-hydrogen) atoms. The van der Waals surface area contributed by atoms with Crippen molar-refractivity contribution in [1.29, 1.82) is 0 Å². The average molecular weight is 285 g/mol. The molecule has 112 valence electrons. The molecule has 1 aromatic heterocycles. The topological polar surface area (TPSA) is 39.1 Å². The van der Waals surface area contributed by atoms with Crippen molar-refractivity contribution in [2.45, 2.75) is 38.8 Å². The maximum absolute atomic E-state index is 5.45. The Morgan fingerprint density at radius 3 is 2.86 bits per heavy atom. The third-order valence-electron chi connectivity index (χ3n) is 4.40. The van der Waals surface area contributed by atoms with Gasteiger partial charge in [0, 0.05) is 19.6 Å². The SMILES string of the molecule is COc1c(CNC2CCc3ccccc3C2)c(C)nn1C. The fourth-order valence-electron chi connectivity index (χ4n) is 3.26. The number of aryl methyl sites for hydroxylation is 3. The van der Waals surface area contributed by atoms with E-state index in [0.29, 0.717) is 6.04 Å². The Morgan fingerprint density at radius 2 is 2.10 bits per heavy atom. The summed E-state index contributed by atoms with van der Waals surface area (Å²) in [7, 11) is 3.63. The van der Waals surface area contributed by atoms with Crippen LogP contribution in [0.5, 0.6) is 5.88 Å². The lowest BCUT2D eigenvalue weighted by Crippen LogP contribution is -2.34. The molecule has 0 aliphatic heterocycles. The molecular weight excluding hydrogens is 262 g/mol. The van der Waals surface area contributed by atoms with Gasteiger partial charge in [0.05, 0.1) is 18.4 Å². The van der Waals surface area contributed by atoms with Crippen LogP contribution in [-0.2, 0) is 26.4 Å². The van der Waals surface area contributed by atoms with Gasteiger partial charge in [-0.25, -0.2) is 4.68 Å². The standard InChI is InChI=1S/C17H23N3O/c1-12-16(17(21-3)20(2)19-12)11-18-15-9-8-13-6-4-5-7-14(13)10-15/h4-7,15,18H,8-11H2,1-3H3. The molecule has 0 spiro atoms. The summed E-state index contributed by atoms with van der Waals surface area (Å²) in [5.41, 5.74) is 5.19. The molecule has 1 unspecified atom stereocenters. The molecule has 1 N–H and O–H groups in total. The van der Waals surface area contributed by atoms with Crippen LogP contribution in [0, 0.1) is 6.92 Å². The Morgan fingerprint density at radius 1 is 1.33 bits per heavy atom. The maximum Gasteiger partial charge on any atom is 0.216 e. The number of aromatic nitrogens is 2. The predicted octanol–water partition coefficient (Wildman–Crippen LogP) is 2.38. The highest BCUT2D eigenvalue weighted by atomic mass is 16.5. The summed E-state index contributed by atoms with van der Waals surface area (Å²) in [5, 5.41) is 8.11. The van der Waals surface area contributed by atoms with E-state index in [2.05, 4.69) is 34.7 Å². The summed E-state index contributed by atoms with van der Waals surface area (Å²) in [5.74, 6) is 0.858. The summed E-state index contributed by atoms with van der Waals surface area (Å²) in [6.07, 6.45) is 3.47. The lowest BCUT2D eigenvalue weighted by atomic mass is 9.88. The first-order valence-electron chi connectivity index (χ1n) is 7.55. The third-order valence-corrected chi connectivity index (χ3v) is 4.40. The van der Waals surface area contributed by atoms with E-state index in [0.717, 1.165) is 31.0 Å². The van der Waals surface area contributed by atoms with Gasteiger partial charge in [0.15, 0.2) is 0 Å². The fraction of sp³-hybridized carbons (Fsp3) is 0.471. The quantitative estimate of drug-likeness (QED) is 0.937. The second kappa shape index (κ2) is 5.90. The Labute approximate surface area is 126 Å². The smallest absolute Gasteiger partial charge is 0.216 e. The largest absolute Gasteiger partial charge is 0.481 e. The maximum atomic E-state index is 5.45. The molecule has 0 amide bonds. The number of hydrogen-bond acceptors (Lipinski definition) is 3. The van der Waals surface area contributed by atoms with Crippen LogP contribution >= 0.6 is 0 Å². The minimum Gasteiger partial charge on any atom is -0.481 e. The monoisotopic (exact) mass is 285 g/mol. The number of nitrogens with zero attached hydrogens (tertiary/aromatic N) is 2. The van der Waals surface area contributed by atoms with Crippen LogP contribution < -0.4 is 10.1 Å². The van der Waals surface area contributed by atoms with Crippen LogP contribution in [0.15, 0.2) is 24.3 Å². The van der Waals surface area contributed by atoms with E-state index in [9.17, 15) is 0 Å². The molecule has 0 saturated heterocycles. The zero-order valence-electron chi connectivity index (χ0n) is 13.0. The number of fused-ring (bicyclic) bond motifs is 1. The molecule has 2 aromatic rings. The number of nitrogens with one attached hydrogen (secondary N) is 1. The minimum atomic E-state index is 0.532. The van der Waals surface area contributed by atoms with Gasteiger partial charge in [-0.15, -0.1) is 0 Å². The molecule has 4 nitrogen and oxygen atoms in total. The van der Waals surface area contributed by atoms with E-state index >= 15 is 0 Å². The van der Waals surface area contributed by atoms with Crippen LogP contribution in [0.1, 0.15) is 28.8 Å². The number of rotatable bonds is 4. The van der Waals surface area contributed by atoms with Gasteiger partial charge in [-0.3, -0.25) is 0 Å². The van der Waals surface area contributed by atoms with E-state index in [-0.39, 0.29) is 0 Å². The van der Waals surface area contributed by atoms with Crippen molar-refractivity contribution < 1.29 is 4.74 Å². The molecule has 1 heterocycles. The van der Waals surface area contributed by atoms with Crippen molar-refractivity contribution in [2.75, 3.05) is 7.11 Å². The molecule has 1 aliphatic rings. The Kier molecular flexibility index (Phi) is 3.97. The van der Waals surface area contributed by atoms with Gasteiger partial charge in [0.1, 0.15) is 0 Å². The predicted molar refractivity (Wildman–Crippen MR) is 83.6 cm³/mol. The van der Waals surface area contributed by atoms with Crippen LogP contribution in [0.25, 0.3) is 0 Å². The third kappa shape index (κ3) is 2.81. The summed E-state index contributed by atoms with van der Waals surface area (Å²) in [6.45, 7) is 2.85. The first-order valence-corrected chi connectivity index (χ1v) is 7.55. The molecule has 3 rings (SSSR count). The van der Waals surface area contributed by atoms with E-state index in [1.165, 1.54) is 23.1 Å². The van der Waals surface area contributed by atoms with Crippen molar-refractivity contribution in [2.24, 2.45) is 7.05 Å². The summed E-state index contributed by atoms with van der Waals surface area (Å²) < 4.78 is 7.26. The van der Waals surface area contributed by atoms with E-state index in [4.69, 9.17) is 4.74 Å². The van der Waals surface area contributed by atoms with Gasteiger partial charge < -0.3 is 10.1 Å². The highest BCUT2D eigenvalue weighted by molar-refractivity contribution is 5.32. The molecule has 0 bridgehead atoms. The minimum absolute atomic E-state index is 0.532. The van der Waals surface area contributed by atoms with Crippen LogP contribution in [0.2, 0.25) is 0 Å². The first kappa shape index (κ1) is 14.1. The van der Waals surface area contributed by atoms with Crippen molar-refractivity contribution >= 4 is 0 Å². The first-order chi connectivity index (χ1) is 10.2. The second-order valence-electron chi connectivity index (χ2n) is 5.79. The Bertz CT molecular complexity index is 633. The molecule has 0 fully saturated rings. The van der Waals surface area contributed by atoms with Crippen molar-refractivity contribution in [3.8, 4) is 5.88 Å². The normalized spacial score (nSPS) is 17.6. The van der Waals surface area contributed by atoms with E-state index < -0.39 is 0 Å². The van der Waals surface area contributed by atoms with Gasteiger partial charge in [0.2, 0.25) is 5.88 Å². The van der Waals surface area contributed by atoms with Crippen molar-refractivity contribution in [3.05, 3.63) is 46.6 Å². The van der Waals surface area contributed by atoms with Gasteiger partial charge in [-0.2, -0.15) is 5.10 Å². The number of methoxy groups -OCH3 is 1. The molecule has 1 aliphatic carbocycles. The molecule has 1 atom stereocenters. The molecular formula is C17H23N3O. The van der Waals surface area contributed by atoms with Gasteiger partial charge in [0.25, 0.3) is 0 Å². The average Bonchev–Trinajstić information content (AvgIpc) is 2.78. The summed E-state index contributed by atoms with van der Waals surface area (Å²) >= 11 is 0. The van der Waals surface area contributed by atoms with Crippen LogP contribution in [-0.4, -0.2) is 22.9 Å². The molecule has 1 aromatic carbocycles. The Balaban J connectivity index is 1.67. The number of benzene rings is 1. The van der Waals surface area contributed by atoms with Crippen LogP contribution in [0.3, 0.4) is 0 Å². The second-order valence-corrected chi connectivity index (χ2v) is 5.79. The lowest BCUT2D eigenvalue weighted by Gasteiger charge is -2.25. The van der Waals surface area contributed by atoms with Crippen molar-refractivity contribution in [3.63, 3.8) is 0 Å².